The summed E-state index contributed by atoms with van der Waals surface area (Å²) in [5, 5.41) is 9.41. The van der Waals surface area contributed by atoms with Gasteiger partial charge in [0.1, 0.15) is 5.84 Å². The second-order valence-corrected chi connectivity index (χ2v) is 6.75. The van der Waals surface area contributed by atoms with Crippen LogP contribution < -0.4 is 4.72 Å². The van der Waals surface area contributed by atoms with Crippen LogP contribution in [-0.2, 0) is 10.0 Å². The number of sulfonamides is 1. The molecule has 0 aliphatic carbocycles. The molecule has 2 aromatic rings. The summed E-state index contributed by atoms with van der Waals surface area (Å²) < 4.78 is 26.0. The maximum atomic E-state index is 11.9. The lowest BCUT2D eigenvalue weighted by Gasteiger charge is -2.07. The number of rotatable bonds is 4. The molecule has 0 heterocycles. The van der Waals surface area contributed by atoms with Crippen molar-refractivity contribution in [2.75, 3.05) is 0 Å². The zero-order valence-electron chi connectivity index (χ0n) is 11.3. The first-order chi connectivity index (χ1) is 10.4. The van der Waals surface area contributed by atoms with Crippen molar-refractivity contribution in [1.29, 1.82) is 5.41 Å². The molecule has 4 nitrogen and oxygen atoms in total. The Morgan fingerprint density at radius 1 is 1.05 bits per heavy atom. The van der Waals surface area contributed by atoms with Gasteiger partial charge >= 0.3 is 0 Å². The van der Waals surface area contributed by atoms with Gasteiger partial charge in [0.2, 0.25) is 0 Å². The summed E-state index contributed by atoms with van der Waals surface area (Å²) in [6.45, 7) is 0. The highest BCUT2D eigenvalue weighted by atomic mass is 35.5. The summed E-state index contributed by atoms with van der Waals surface area (Å²) in [5.74, 6) is -0.281. The Balaban J connectivity index is 2.12. The second-order valence-electron chi connectivity index (χ2n) is 4.36. The van der Waals surface area contributed by atoms with Crippen LogP contribution in [0.2, 0.25) is 10.0 Å². The van der Waals surface area contributed by atoms with Gasteiger partial charge in [0.15, 0.2) is 0 Å². The van der Waals surface area contributed by atoms with E-state index in [4.69, 9.17) is 28.6 Å². The molecule has 2 N–H and O–H groups in total. The second kappa shape index (κ2) is 6.96. The highest BCUT2D eigenvalue weighted by Gasteiger charge is 2.11. The van der Waals surface area contributed by atoms with Gasteiger partial charge in [-0.15, -0.1) is 0 Å². The lowest BCUT2D eigenvalue weighted by molar-refractivity contribution is 0.601. The number of benzene rings is 2. The Bertz CT molecular complexity index is 819. The quantitative estimate of drug-likeness (QED) is 0.645. The fourth-order valence-electron chi connectivity index (χ4n) is 1.62. The molecule has 7 heteroatoms. The molecule has 22 heavy (non-hydrogen) atoms. The predicted octanol–water partition coefficient (Wildman–Crippen LogP) is 3.91. The van der Waals surface area contributed by atoms with Gasteiger partial charge in [0.25, 0.3) is 10.0 Å². The minimum atomic E-state index is -3.78. The normalized spacial score (nSPS) is 11.5. The van der Waals surface area contributed by atoms with Crippen LogP contribution in [-0.4, -0.2) is 14.3 Å². The standard InChI is InChI=1S/C15H12Cl2N2O2S/c16-13-7-6-12(10-14(13)17)15(18)19-22(20,21)9-8-11-4-2-1-3-5-11/h1-10H,(H2,18,19). The fourth-order valence-corrected chi connectivity index (χ4v) is 2.72. The largest absolute Gasteiger partial charge is 0.283 e. The summed E-state index contributed by atoms with van der Waals surface area (Å²) >= 11 is 11.6. The van der Waals surface area contributed by atoms with E-state index in [1.165, 1.54) is 24.3 Å². The molecular formula is C15H12Cl2N2O2S. The van der Waals surface area contributed by atoms with Crippen molar-refractivity contribution >= 4 is 45.1 Å². The highest BCUT2D eigenvalue weighted by molar-refractivity contribution is 7.93. The van der Waals surface area contributed by atoms with Crippen LogP contribution in [0.4, 0.5) is 0 Å². The molecule has 2 rings (SSSR count). The molecule has 0 fully saturated rings. The molecule has 2 aromatic carbocycles. The Morgan fingerprint density at radius 3 is 2.36 bits per heavy atom. The van der Waals surface area contributed by atoms with E-state index in [-0.39, 0.29) is 10.9 Å². The summed E-state index contributed by atoms with van der Waals surface area (Å²) in [6.07, 6.45) is 1.45. The van der Waals surface area contributed by atoms with Crippen LogP contribution in [0.15, 0.2) is 53.9 Å². The van der Waals surface area contributed by atoms with E-state index >= 15 is 0 Å². The van der Waals surface area contributed by atoms with Crippen LogP contribution in [0.1, 0.15) is 11.1 Å². The third kappa shape index (κ3) is 4.59. The van der Waals surface area contributed by atoms with Gasteiger partial charge in [-0.3, -0.25) is 10.1 Å². The lowest BCUT2D eigenvalue weighted by atomic mass is 10.2. The van der Waals surface area contributed by atoms with Crippen LogP contribution in [0.3, 0.4) is 0 Å². The highest BCUT2D eigenvalue weighted by Crippen LogP contribution is 2.22. The van der Waals surface area contributed by atoms with Crippen LogP contribution in [0.25, 0.3) is 6.08 Å². The smallest absolute Gasteiger partial charge is 0.256 e. The summed E-state index contributed by atoms with van der Waals surface area (Å²) in [6, 6.07) is 13.4. The van der Waals surface area contributed by atoms with E-state index in [0.29, 0.717) is 10.6 Å². The third-order valence-electron chi connectivity index (χ3n) is 2.69. The number of hydrogen-bond acceptors (Lipinski definition) is 3. The number of halogens is 2. The minimum Gasteiger partial charge on any atom is -0.283 e. The Kier molecular flexibility index (Phi) is 5.24. The van der Waals surface area contributed by atoms with E-state index in [1.807, 2.05) is 6.07 Å². The van der Waals surface area contributed by atoms with E-state index in [2.05, 4.69) is 4.72 Å². The van der Waals surface area contributed by atoms with Crippen molar-refractivity contribution in [1.82, 2.24) is 4.72 Å². The maximum Gasteiger partial charge on any atom is 0.256 e. The molecule has 0 bridgehead atoms. The van der Waals surface area contributed by atoms with Gasteiger partial charge in [0.05, 0.1) is 15.5 Å². The van der Waals surface area contributed by atoms with E-state index in [0.717, 1.165) is 11.0 Å². The zero-order valence-corrected chi connectivity index (χ0v) is 13.6. The summed E-state index contributed by atoms with van der Waals surface area (Å²) in [5.41, 5.74) is 1.07. The van der Waals surface area contributed by atoms with Gasteiger partial charge in [-0.1, -0.05) is 53.5 Å². The molecule has 0 saturated carbocycles. The zero-order chi connectivity index (χ0) is 16.2. The first kappa shape index (κ1) is 16.5. The topological polar surface area (TPSA) is 70.0 Å². The summed E-state index contributed by atoms with van der Waals surface area (Å²) in [4.78, 5) is 0. The molecule has 0 aromatic heterocycles. The molecule has 0 spiro atoms. The van der Waals surface area contributed by atoms with Gasteiger partial charge in [-0.2, -0.15) is 0 Å². The molecule has 0 aliphatic rings. The monoisotopic (exact) mass is 354 g/mol. The molecule has 0 radical (unpaired) electrons. The first-order valence-corrected chi connectivity index (χ1v) is 8.47. The van der Waals surface area contributed by atoms with Crippen molar-refractivity contribution in [3.8, 4) is 0 Å². The molecule has 0 amide bonds. The SMILES string of the molecule is N=C(NS(=O)(=O)C=Cc1ccccc1)c1ccc(Cl)c(Cl)c1. The predicted molar refractivity (Wildman–Crippen MR) is 90.8 cm³/mol. The van der Waals surface area contributed by atoms with Gasteiger partial charge < -0.3 is 0 Å². The van der Waals surface area contributed by atoms with Crippen molar-refractivity contribution in [3.05, 3.63) is 75.1 Å². The molecule has 114 valence electrons. The van der Waals surface area contributed by atoms with E-state index < -0.39 is 10.0 Å². The van der Waals surface area contributed by atoms with Crippen LogP contribution in [0, 0.1) is 5.41 Å². The number of amidine groups is 1. The van der Waals surface area contributed by atoms with Crippen molar-refractivity contribution in [2.45, 2.75) is 0 Å². The molecule has 0 unspecified atom stereocenters. The van der Waals surface area contributed by atoms with Crippen molar-refractivity contribution in [2.24, 2.45) is 0 Å². The lowest BCUT2D eigenvalue weighted by Crippen LogP contribution is -2.28. The molecule has 0 atom stereocenters. The number of hydrogen-bond donors (Lipinski definition) is 2. The first-order valence-electron chi connectivity index (χ1n) is 6.17. The molecule has 0 aliphatic heterocycles. The Hall–Kier alpha value is -1.82. The van der Waals surface area contributed by atoms with Gasteiger partial charge in [-0.05, 0) is 29.8 Å². The fraction of sp³-hybridized carbons (Fsp3) is 0. The van der Waals surface area contributed by atoms with E-state index in [1.54, 1.807) is 24.3 Å². The summed E-state index contributed by atoms with van der Waals surface area (Å²) in [7, 11) is -3.78. The minimum absolute atomic E-state index is 0.253. The van der Waals surface area contributed by atoms with Crippen LogP contribution >= 0.6 is 23.2 Å². The van der Waals surface area contributed by atoms with Gasteiger partial charge in [0, 0.05) is 5.56 Å². The Morgan fingerprint density at radius 2 is 1.73 bits per heavy atom. The average molecular weight is 355 g/mol. The number of nitrogens with one attached hydrogen (secondary N) is 2. The van der Waals surface area contributed by atoms with Crippen LogP contribution in [0.5, 0.6) is 0 Å². The molecule has 0 saturated heterocycles. The average Bonchev–Trinajstić information content (AvgIpc) is 2.49. The van der Waals surface area contributed by atoms with E-state index in [9.17, 15) is 8.42 Å². The molecular weight excluding hydrogens is 343 g/mol. The maximum absolute atomic E-state index is 11.9. The Labute approximate surface area is 138 Å². The van der Waals surface area contributed by atoms with Gasteiger partial charge in [-0.25, -0.2) is 8.42 Å². The third-order valence-corrected chi connectivity index (χ3v) is 4.41. The van der Waals surface area contributed by atoms with Crippen molar-refractivity contribution < 1.29 is 8.42 Å². The van der Waals surface area contributed by atoms with Crippen molar-refractivity contribution in [3.63, 3.8) is 0 Å².